The van der Waals surface area contributed by atoms with E-state index in [1.54, 1.807) is 30.3 Å². The molecule has 6 heteroatoms. The molecular weight excluding hydrogens is 308 g/mol. The van der Waals surface area contributed by atoms with E-state index >= 15 is 0 Å². The molecule has 130 valence electrons. The molecule has 0 aliphatic carbocycles. The van der Waals surface area contributed by atoms with Crippen LogP contribution in [0.15, 0.2) is 22.5 Å². The lowest BCUT2D eigenvalue weighted by molar-refractivity contribution is -0.127. The minimum Gasteiger partial charge on any atom is -0.356 e. The molecule has 1 heterocycles. The first-order valence-electron chi connectivity index (χ1n) is 8.13. The molecule has 0 radical (unpaired) electrons. The number of thiophene rings is 1. The Labute approximate surface area is 144 Å². The van der Waals surface area contributed by atoms with Crippen molar-refractivity contribution in [1.82, 2.24) is 15.5 Å². The molecule has 0 saturated carbocycles. The van der Waals surface area contributed by atoms with Crippen LogP contribution in [0, 0.1) is 0 Å². The second-order valence-electron chi connectivity index (χ2n) is 6.45. The van der Waals surface area contributed by atoms with Crippen molar-refractivity contribution in [2.75, 3.05) is 33.7 Å². The van der Waals surface area contributed by atoms with Crippen LogP contribution < -0.4 is 10.6 Å². The third-order valence-corrected chi connectivity index (χ3v) is 4.82. The van der Waals surface area contributed by atoms with Gasteiger partial charge in [-0.15, -0.1) is 11.3 Å². The van der Waals surface area contributed by atoms with Crippen LogP contribution in [0.25, 0.3) is 0 Å². The van der Waals surface area contributed by atoms with Crippen molar-refractivity contribution in [3.8, 4) is 0 Å². The van der Waals surface area contributed by atoms with E-state index in [4.69, 9.17) is 0 Å². The number of carbonyl (C=O) groups excluding carboxylic acids is 1. The SMILES string of the molecule is CCCCNC(=NCC(=O)N(C)C)NCC(C)(C)c1cccs1. The molecule has 5 nitrogen and oxygen atoms in total. The molecule has 0 aromatic carbocycles. The molecular formula is C17H30N4OS. The summed E-state index contributed by atoms with van der Waals surface area (Å²) in [5.74, 6) is 0.706. The molecule has 0 saturated heterocycles. The van der Waals surface area contributed by atoms with Gasteiger partial charge in [-0.05, 0) is 17.9 Å². The summed E-state index contributed by atoms with van der Waals surface area (Å²) in [6.45, 7) is 8.36. The normalized spacial score (nSPS) is 12.1. The van der Waals surface area contributed by atoms with Gasteiger partial charge in [0.25, 0.3) is 0 Å². The van der Waals surface area contributed by atoms with Crippen LogP contribution in [0.5, 0.6) is 0 Å². The highest BCUT2D eigenvalue weighted by Gasteiger charge is 2.22. The summed E-state index contributed by atoms with van der Waals surface area (Å²) in [6.07, 6.45) is 2.20. The fourth-order valence-electron chi connectivity index (χ4n) is 1.90. The van der Waals surface area contributed by atoms with Crippen molar-refractivity contribution in [3.63, 3.8) is 0 Å². The fourth-order valence-corrected chi connectivity index (χ4v) is 2.75. The lowest BCUT2D eigenvalue weighted by Crippen LogP contribution is -2.44. The molecule has 1 aromatic heterocycles. The molecule has 0 aliphatic rings. The topological polar surface area (TPSA) is 56.7 Å². The van der Waals surface area contributed by atoms with Gasteiger partial charge in [0.05, 0.1) is 0 Å². The van der Waals surface area contributed by atoms with Crippen LogP contribution >= 0.6 is 11.3 Å². The third-order valence-electron chi connectivity index (χ3n) is 3.58. The maximum Gasteiger partial charge on any atom is 0.243 e. The van der Waals surface area contributed by atoms with Crippen LogP contribution in [-0.4, -0.2) is 50.5 Å². The van der Waals surface area contributed by atoms with Crippen LogP contribution in [0.1, 0.15) is 38.5 Å². The fraction of sp³-hybridized carbons (Fsp3) is 0.647. The van der Waals surface area contributed by atoms with Crippen LogP contribution in [-0.2, 0) is 10.2 Å². The maximum atomic E-state index is 11.7. The van der Waals surface area contributed by atoms with Gasteiger partial charge < -0.3 is 15.5 Å². The second kappa shape index (κ2) is 9.55. The molecule has 1 amide bonds. The highest BCUT2D eigenvalue weighted by Crippen LogP contribution is 2.26. The number of amides is 1. The molecule has 23 heavy (non-hydrogen) atoms. The smallest absolute Gasteiger partial charge is 0.243 e. The Hall–Kier alpha value is -1.56. The molecule has 0 aliphatic heterocycles. The number of guanidine groups is 1. The Kier molecular flexibility index (Phi) is 8.09. The van der Waals surface area contributed by atoms with Crippen molar-refractivity contribution >= 4 is 23.2 Å². The number of likely N-dealkylation sites (N-methyl/N-ethyl adjacent to an activating group) is 1. The van der Waals surface area contributed by atoms with E-state index in [0.717, 1.165) is 25.9 Å². The summed E-state index contributed by atoms with van der Waals surface area (Å²) in [7, 11) is 3.49. The monoisotopic (exact) mass is 338 g/mol. The summed E-state index contributed by atoms with van der Waals surface area (Å²) in [4.78, 5) is 19.0. The van der Waals surface area contributed by atoms with E-state index in [2.05, 4.69) is 53.9 Å². The van der Waals surface area contributed by atoms with Gasteiger partial charge >= 0.3 is 0 Å². The van der Waals surface area contributed by atoms with E-state index in [0.29, 0.717) is 5.96 Å². The highest BCUT2D eigenvalue weighted by atomic mass is 32.1. The molecule has 0 unspecified atom stereocenters. The molecule has 0 spiro atoms. The highest BCUT2D eigenvalue weighted by molar-refractivity contribution is 7.10. The third kappa shape index (κ3) is 7.03. The van der Waals surface area contributed by atoms with Gasteiger partial charge in [0.1, 0.15) is 6.54 Å². The van der Waals surface area contributed by atoms with E-state index < -0.39 is 0 Å². The zero-order valence-electron chi connectivity index (χ0n) is 15.0. The van der Waals surface area contributed by atoms with Crippen LogP contribution in [0.3, 0.4) is 0 Å². The van der Waals surface area contributed by atoms with E-state index in [-0.39, 0.29) is 17.9 Å². The number of aliphatic imine (C=N–C) groups is 1. The van der Waals surface area contributed by atoms with Gasteiger partial charge in [0, 0.05) is 37.5 Å². The van der Waals surface area contributed by atoms with Gasteiger partial charge in [0.2, 0.25) is 5.91 Å². The summed E-state index contributed by atoms with van der Waals surface area (Å²) in [5.41, 5.74) is 0.0208. The number of rotatable bonds is 8. The molecule has 1 aromatic rings. The molecule has 0 fully saturated rings. The lowest BCUT2D eigenvalue weighted by atomic mass is 9.91. The molecule has 0 atom stereocenters. The molecule has 1 rings (SSSR count). The van der Waals surface area contributed by atoms with E-state index in [1.165, 1.54) is 4.88 Å². The first kappa shape index (κ1) is 19.5. The van der Waals surface area contributed by atoms with E-state index in [1.807, 2.05) is 0 Å². The Morgan fingerprint density at radius 1 is 1.35 bits per heavy atom. The summed E-state index contributed by atoms with van der Waals surface area (Å²) in [6, 6.07) is 4.23. The van der Waals surface area contributed by atoms with Crippen molar-refractivity contribution < 1.29 is 4.79 Å². The Morgan fingerprint density at radius 3 is 2.65 bits per heavy atom. The Bertz CT molecular complexity index is 495. The van der Waals surface area contributed by atoms with Crippen LogP contribution in [0.4, 0.5) is 0 Å². The zero-order valence-corrected chi connectivity index (χ0v) is 15.8. The quantitative estimate of drug-likeness (QED) is 0.435. The first-order valence-corrected chi connectivity index (χ1v) is 9.01. The first-order chi connectivity index (χ1) is 10.9. The largest absolute Gasteiger partial charge is 0.356 e. The number of unbranched alkanes of at least 4 members (excludes halogenated alkanes) is 1. The van der Waals surface area contributed by atoms with E-state index in [9.17, 15) is 4.79 Å². The summed E-state index contributed by atoms with van der Waals surface area (Å²) in [5, 5.41) is 8.78. The van der Waals surface area contributed by atoms with Gasteiger partial charge in [0.15, 0.2) is 5.96 Å². The second-order valence-corrected chi connectivity index (χ2v) is 7.40. The number of carbonyl (C=O) groups is 1. The van der Waals surface area contributed by atoms with Gasteiger partial charge in [-0.3, -0.25) is 4.79 Å². The van der Waals surface area contributed by atoms with Gasteiger partial charge in [-0.2, -0.15) is 0 Å². The van der Waals surface area contributed by atoms with Crippen LogP contribution in [0.2, 0.25) is 0 Å². The number of nitrogens with zero attached hydrogens (tertiary/aromatic N) is 2. The zero-order chi connectivity index (χ0) is 17.3. The maximum absolute atomic E-state index is 11.7. The summed E-state index contributed by atoms with van der Waals surface area (Å²) < 4.78 is 0. The van der Waals surface area contributed by atoms with Crippen molar-refractivity contribution in [1.29, 1.82) is 0 Å². The predicted octanol–water partition coefficient (Wildman–Crippen LogP) is 2.45. The van der Waals surface area contributed by atoms with Crippen molar-refractivity contribution in [2.45, 2.75) is 39.0 Å². The average Bonchev–Trinajstić information content (AvgIpc) is 3.04. The number of hydrogen-bond acceptors (Lipinski definition) is 3. The van der Waals surface area contributed by atoms with Gasteiger partial charge in [-0.1, -0.05) is 33.3 Å². The minimum atomic E-state index is -0.000825. The molecule has 0 bridgehead atoms. The number of hydrogen-bond donors (Lipinski definition) is 2. The Morgan fingerprint density at radius 2 is 2.09 bits per heavy atom. The minimum absolute atomic E-state index is 0.000825. The number of nitrogens with one attached hydrogen (secondary N) is 2. The summed E-state index contributed by atoms with van der Waals surface area (Å²) >= 11 is 1.76. The standard InChI is InChI=1S/C17H30N4OS/c1-6-7-10-18-16(19-12-15(22)21(4)5)20-13-17(2,3)14-9-8-11-23-14/h8-9,11H,6-7,10,12-13H2,1-5H3,(H2,18,19,20). The van der Waals surface area contributed by atoms with Gasteiger partial charge in [-0.25, -0.2) is 4.99 Å². The molecule has 2 N–H and O–H groups in total. The Balaban J connectivity index is 2.64. The average molecular weight is 339 g/mol. The van der Waals surface area contributed by atoms with Crippen molar-refractivity contribution in [3.05, 3.63) is 22.4 Å². The lowest BCUT2D eigenvalue weighted by Gasteiger charge is -2.25. The predicted molar refractivity (Wildman–Crippen MR) is 99.3 cm³/mol. The van der Waals surface area contributed by atoms with Crippen molar-refractivity contribution in [2.24, 2.45) is 4.99 Å².